The molecule has 2 amide bonds. The van der Waals surface area contributed by atoms with Gasteiger partial charge >= 0.3 is 18.2 Å². The molecule has 1 fully saturated rings. The number of hydrogen-bond donors (Lipinski definition) is 0. The van der Waals surface area contributed by atoms with Crippen LogP contribution in [0.4, 0.5) is 9.59 Å². The quantitative estimate of drug-likeness (QED) is 0.487. The van der Waals surface area contributed by atoms with Crippen molar-refractivity contribution in [3.05, 3.63) is 71.8 Å². The molecule has 1 aliphatic rings. The van der Waals surface area contributed by atoms with Gasteiger partial charge in [-0.2, -0.15) is 0 Å². The van der Waals surface area contributed by atoms with Crippen LogP contribution in [0, 0.1) is 0 Å². The Hall–Kier alpha value is -3.55. The van der Waals surface area contributed by atoms with Gasteiger partial charge in [-0.05, 0) is 31.9 Å². The largest absolute Gasteiger partial charge is 0.467 e. The molecular weight excluding hydrogens is 436 g/mol. The van der Waals surface area contributed by atoms with Crippen LogP contribution in [-0.2, 0) is 32.0 Å². The molecule has 0 N–H and O–H groups in total. The fraction of sp³-hybridized carbons (Fsp3) is 0.423. The van der Waals surface area contributed by atoms with Crippen molar-refractivity contribution in [1.82, 2.24) is 9.80 Å². The highest BCUT2D eigenvalue weighted by Crippen LogP contribution is 2.30. The summed E-state index contributed by atoms with van der Waals surface area (Å²) >= 11 is 0. The van der Waals surface area contributed by atoms with Crippen molar-refractivity contribution in [2.45, 2.75) is 44.9 Å². The second-order valence-corrected chi connectivity index (χ2v) is 9.28. The number of piperazine rings is 1. The Morgan fingerprint density at radius 1 is 0.882 bits per heavy atom. The van der Waals surface area contributed by atoms with E-state index in [0.717, 1.165) is 11.1 Å². The topological polar surface area (TPSA) is 85.4 Å². The first-order valence-electron chi connectivity index (χ1n) is 11.2. The summed E-state index contributed by atoms with van der Waals surface area (Å²) in [6, 6.07) is 18.6. The molecule has 1 unspecified atom stereocenters. The first-order chi connectivity index (χ1) is 16.1. The second-order valence-electron chi connectivity index (χ2n) is 9.28. The fourth-order valence-corrected chi connectivity index (χ4v) is 3.98. The van der Waals surface area contributed by atoms with Gasteiger partial charge in [0.05, 0.1) is 13.7 Å². The van der Waals surface area contributed by atoms with Crippen LogP contribution in [0.5, 0.6) is 0 Å². The molecule has 0 spiro atoms. The van der Waals surface area contributed by atoms with Crippen molar-refractivity contribution < 1.29 is 28.6 Å². The Labute approximate surface area is 200 Å². The summed E-state index contributed by atoms with van der Waals surface area (Å²) in [5.74, 6) is -0.624. The molecule has 1 heterocycles. The zero-order valence-electron chi connectivity index (χ0n) is 20.2. The van der Waals surface area contributed by atoms with Crippen LogP contribution < -0.4 is 0 Å². The normalized spacial score (nSPS) is 18.2. The minimum Gasteiger partial charge on any atom is -0.467 e. The summed E-state index contributed by atoms with van der Waals surface area (Å²) in [6.45, 7) is 5.61. The molecule has 1 saturated heterocycles. The SMILES string of the molecule is COC(=O)C1(Cc2ccccc2)CN(C(=O)OC(C)(C)C)CCN1C(=O)OCc1ccccc1. The van der Waals surface area contributed by atoms with E-state index < -0.39 is 29.3 Å². The lowest BCUT2D eigenvalue weighted by molar-refractivity contribution is -0.158. The molecule has 3 rings (SSSR count). The smallest absolute Gasteiger partial charge is 0.411 e. The number of carbonyl (C=O) groups is 3. The molecule has 8 heteroatoms. The van der Waals surface area contributed by atoms with E-state index in [0.29, 0.717) is 0 Å². The van der Waals surface area contributed by atoms with E-state index in [1.54, 1.807) is 20.8 Å². The van der Waals surface area contributed by atoms with Gasteiger partial charge in [0.1, 0.15) is 12.2 Å². The Bertz CT molecular complexity index is 989. The van der Waals surface area contributed by atoms with Crippen LogP contribution in [0.1, 0.15) is 31.9 Å². The molecule has 0 radical (unpaired) electrons. The minimum absolute atomic E-state index is 0.0640. The molecule has 2 aromatic rings. The molecule has 182 valence electrons. The standard InChI is InChI=1S/C26H32N2O6/c1-25(2,3)34-23(30)27-15-16-28(24(31)33-18-21-13-9-6-10-14-21)26(19-27,22(29)32-4)17-20-11-7-5-8-12-20/h5-14H,15-19H2,1-4H3. The van der Waals surface area contributed by atoms with E-state index in [1.807, 2.05) is 60.7 Å². The number of methoxy groups -OCH3 is 1. The van der Waals surface area contributed by atoms with Gasteiger partial charge in [0.25, 0.3) is 0 Å². The number of hydrogen-bond acceptors (Lipinski definition) is 6. The van der Waals surface area contributed by atoms with E-state index in [1.165, 1.54) is 16.9 Å². The van der Waals surface area contributed by atoms with Gasteiger partial charge in [-0.25, -0.2) is 14.4 Å². The molecule has 34 heavy (non-hydrogen) atoms. The van der Waals surface area contributed by atoms with Crippen LogP contribution in [0.3, 0.4) is 0 Å². The van der Waals surface area contributed by atoms with Crippen molar-refractivity contribution in [1.29, 1.82) is 0 Å². The summed E-state index contributed by atoms with van der Waals surface area (Å²) in [4.78, 5) is 42.3. The molecule has 0 saturated carbocycles. The third-order valence-corrected chi connectivity index (χ3v) is 5.54. The average Bonchev–Trinajstić information content (AvgIpc) is 2.82. The average molecular weight is 469 g/mol. The lowest BCUT2D eigenvalue weighted by Gasteiger charge is -2.47. The first kappa shape index (κ1) is 25.1. The molecular formula is C26H32N2O6. The first-order valence-corrected chi connectivity index (χ1v) is 11.2. The Morgan fingerprint density at radius 2 is 1.47 bits per heavy atom. The van der Waals surface area contributed by atoms with Crippen molar-refractivity contribution >= 4 is 18.2 Å². The predicted octanol–water partition coefficient (Wildman–Crippen LogP) is 4.03. The third-order valence-electron chi connectivity index (χ3n) is 5.54. The lowest BCUT2D eigenvalue weighted by atomic mass is 9.86. The highest BCUT2D eigenvalue weighted by molar-refractivity contribution is 5.88. The highest BCUT2D eigenvalue weighted by Gasteiger charge is 2.53. The van der Waals surface area contributed by atoms with Crippen LogP contribution in [0.2, 0.25) is 0 Å². The summed E-state index contributed by atoms with van der Waals surface area (Å²) in [5, 5.41) is 0. The molecule has 0 aromatic heterocycles. The lowest BCUT2D eigenvalue weighted by Crippen LogP contribution is -2.69. The van der Waals surface area contributed by atoms with Crippen LogP contribution in [0.15, 0.2) is 60.7 Å². The monoisotopic (exact) mass is 468 g/mol. The maximum atomic E-state index is 13.3. The molecule has 0 bridgehead atoms. The van der Waals surface area contributed by atoms with Crippen molar-refractivity contribution in [2.75, 3.05) is 26.7 Å². The Balaban J connectivity index is 1.92. The zero-order chi connectivity index (χ0) is 24.8. The van der Waals surface area contributed by atoms with Crippen LogP contribution in [0.25, 0.3) is 0 Å². The summed E-state index contributed by atoms with van der Waals surface area (Å²) in [6.07, 6.45) is -1.04. The van der Waals surface area contributed by atoms with Crippen LogP contribution >= 0.6 is 0 Å². The number of carbonyl (C=O) groups excluding carboxylic acids is 3. The summed E-state index contributed by atoms with van der Waals surface area (Å²) in [5.41, 5.74) is -0.523. The maximum Gasteiger partial charge on any atom is 0.411 e. The van der Waals surface area contributed by atoms with Gasteiger partial charge in [0.2, 0.25) is 0 Å². The summed E-state index contributed by atoms with van der Waals surface area (Å²) in [7, 11) is 1.27. The van der Waals surface area contributed by atoms with Gasteiger partial charge in [0.15, 0.2) is 5.54 Å². The van der Waals surface area contributed by atoms with E-state index in [-0.39, 0.29) is 32.7 Å². The van der Waals surface area contributed by atoms with Gasteiger partial charge in [-0.1, -0.05) is 60.7 Å². The minimum atomic E-state index is -1.47. The van der Waals surface area contributed by atoms with Crippen molar-refractivity contribution in [3.8, 4) is 0 Å². The number of nitrogens with zero attached hydrogens (tertiary/aromatic N) is 2. The Kier molecular flexibility index (Phi) is 7.81. The maximum absolute atomic E-state index is 13.3. The van der Waals surface area contributed by atoms with E-state index in [9.17, 15) is 14.4 Å². The van der Waals surface area contributed by atoms with Crippen molar-refractivity contribution in [2.24, 2.45) is 0 Å². The second kappa shape index (κ2) is 10.6. The van der Waals surface area contributed by atoms with Gasteiger partial charge < -0.3 is 19.1 Å². The Morgan fingerprint density at radius 3 is 2.03 bits per heavy atom. The van der Waals surface area contributed by atoms with Gasteiger partial charge in [0, 0.05) is 19.5 Å². The van der Waals surface area contributed by atoms with E-state index >= 15 is 0 Å². The van der Waals surface area contributed by atoms with Gasteiger partial charge in [-0.15, -0.1) is 0 Å². The number of rotatable bonds is 5. The van der Waals surface area contributed by atoms with Crippen LogP contribution in [-0.4, -0.2) is 65.8 Å². The number of amides is 2. The number of ether oxygens (including phenoxy) is 3. The highest BCUT2D eigenvalue weighted by atomic mass is 16.6. The molecule has 0 aliphatic carbocycles. The van der Waals surface area contributed by atoms with Crippen molar-refractivity contribution in [3.63, 3.8) is 0 Å². The third kappa shape index (κ3) is 6.07. The number of benzene rings is 2. The van der Waals surface area contributed by atoms with E-state index in [4.69, 9.17) is 14.2 Å². The summed E-state index contributed by atoms with van der Waals surface area (Å²) < 4.78 is 16.3. The zero-order valence-corrected chi connectivity index (χ0v) is 20.2. The molecule has 1 atom stereocenters. The number of esters is 1. The molecule has 8 nitrogen and oxygen atoms in total. The van der Waals surface area contributed by atoms with Gasteiger partial charge in [-0.3, -0.25) is 4.90 Å². The fourth-order valence-electron chi connectivity index (χ4n) is 3.98. The molecule has 1 aliphatic heterocycles. The predicted molar refractivity (Wildman–Crippen MR) is 126 cm³/mol. The van der Waals surface area contributed by atoms with E-state index in [2.05, 4.69) is 0 Å². The molecule has 2 aromatic carbocycles.